The second-order valence-corrected chi connectivity index (χ2v) is 5.16. The van der Waals surface area contributed by atoms with Gasteiger partial charge in [-0.1, -0.05) is 12.8 Å². The molecule has 0 bridgehead atoms. The maximum atomic E-state index is 12.0. The first-order valence-corrected chi connectivity index (χ1v) is 6.69. The Bertz CT molecular complexity index is 348. The summed E-state index contributed by atoms with van der Waals surface area (Å²) in [7, 11) is 0. The van der Waals surface area contributed by atoms with Crippen molar-refractivity contribution < 1.29 is 19.5 Å². The summed E-state index contributed by atoms with van der Waals surface area (Å²) in [5.74, 6) is -1.83. The first-order chi connectivity index (χ1) is 8.61. The van der Waals surface area contributed by atoms with E-state index in [1.165, 1.54) is 4.90 Å². The molecule has 2 amide bonds. The van der Waals surface area contributed by atoms with E-state index in [1.54, 1.807) is 0 Å². The topological polar surface area (TPSA) is 74.7 Å². The van der Waals surface area contributed by atoms with Gasteiger partial charge < -0.3 is 5.11 Å². The number of likely N-dealkylation sites (tertiary alicyclic amines) is 1. The molecule has 0 radical (unpaired) electrons. The number of carboxylic acid groups (broad SMARTS) is 1. The third kappa shape index (κ3) is 2.54. The van der Waals surface area contributed by atoms with Crippen LogP contribution in [0.2, 0.25) is 0 Å². The molecule has 1 saturated carbocycles. The van der Waals surface area contributed by atoms with Gasteiger partial charge >= 0.3 is 5.97 Å². The Kier molecular flexibility index (Phi) is 3.99. The van der Waals surface area contributed by atoms with Gasteiger partial charge in [0.1, 0.15) is 0 Å². The van der Waals surface area contributed by atoms with Gasteiger partial charge in [0.05, 0.1) is 12.0 Å². The van der Waals surface area contributed by atoms with E-state index in [2.05, 4.69) is 0 Å². The van der Waals surface area contributed by atoms with Crippen molar-refractivity contribution in [2.45, 2.75) is 57.4 Å². The summed E-state index contributed by atoms with van der Waals surface area (Å²) in [5, 5.41) is 9.23. The molecule has 1 aliphatic heterocycles. The molecule has 2 unspecified atom stereocenters. The number of hydrogen-bond donors (Lipinski definition) is 1. The summed E-state index contributed by atoms with van der Waals surface area (Å²) >= 11 is 0. The van der Waals surface area contributed by atoms with E-state index in [0.29, 0.717) is 25.7 Å². The van der Waals surface area contributed by atoms with E-state index in [9.17, 15) is 19.5 Å². The number of imide groups is 1. The fourth-order valence-electron chi connectivity index (χ4n) is 3.01. The van der Waals surface area contributed by atoms with Gasteiger partial charge in [0.2, 0.25) is 11.8 Å². The highest BCUT2D eigenvalue weighted by molar-refractivity contribution is 5.97. The molecule has 1 saturated heterocycles. The molecular formula is C13H19NO4. The highest BCUT2D eigenvalue weighted by atomic mass is 16.4. The Hall–Kier alpha value is -1.39. The van der Waals surface area contributed by atoms with Crippen molar-refractivity contribution in [3.05, 3.63) is 0 Å². The van der Waals surface area contributed by atoms with Crippen LogP contribution in [0.15, 0.2) is 0 Å². The van der Waals surface area contributed by atoms with Crippen LogP contribution in [0.1, 0.15) is 51.4 Å². The smallest absolute Gasteiger partial charge is 0.308 e. The predicted molar refractivity (Wildman–Crippen MR) is 63.7 cm³/mol. The third-order valence-electron chi connectivity index (χ3n) is 3.95. The first kappa shape index (κ1) is 13.1. The molecule has 5 heteroatoms. The van der Waals surface area contributed by atoms with Crippen LogP contribution in [0, 0.1) is 5.92 Å². The molecule has 2 rings (SSSR count). The Balaban J connectivity index is 2.22. The lowest BCUT2D eigenvalue weighted by molar-refractivity contribution is -0.154. The zero-order chi connectivity index (χ0) is 13.1. The van der Waals surface area contributed by atoms with E-state index in [0.717, 1.165) is 25.7 Å². The van der Waals surface area contributed by atoms with Crippen LogP contribution >= 0.6 is 0 Å². The quantitative estimate of drug-likeness (QED) is 0.758. The Morgan fingerprint density at radius 2 is 1.56 bits per heavy atom. The normalized spacial score (nSPS) is 30.1. The molecule has 100 valence electrons. The van der Waals surface area contributed by atoms with Crippen LogP contribution in [-0.2, 0) is 14.4 Å². The van der Waals surface area contributed by atoms with Crippen LogP contribution in [0.4, 0.5) is 0 Å². The molecule has 2 fully saturated rings. The lowest BCUT2D eigenvalue weighted by Crippen LogP contribution is -2.50. The van der Waals surface area contributed by atoms with Gasteiger partial charge in [0, 0.05) is 12.8 Å². The number of nitrogens with zero attached hydrogens (tertiary/aromatic N) is 1. The molecule has 2 aliphatic rings. The Morgan fingerprint density at radius 1 is 1.00 bits per heavy atom. The highest BCUT2D eigenvalue weighted by Crippen LogP contribution is 2.31. The second-order valence-electron chi connectivity index (χ2n) is 5.16. The number of aliphatic carboxylic acids is 1. The molecule has 18 heavy (non-hydrogen) atoms. The molecule has 5 nitrogen and oxygen atoms in total. The lowest BCUT2D eigenvalue weighted by Gasteiger charge is -2.36. The monoisotopic (exact) mass is 253 g/mol. The molecule has 1 heterocycles. The minimum Gasteiger partial charge on any atom is -0.481 e. The van der Waals surface area contributed by atoms with Gasteiger partial charge in [-0.05, 0) is 25.7 Å². The van der Waals surface area contributed by atoms with Gasteiger partial charge in [-0.25, -0.2) is 0 Å². The largest absolute Gasteiger partial charge is 0.481 e. The number of carboxylic acids is 1. The van der Waals surface area contributed by atoms with E-state index in [1.807, 2.05) is 0 Å². The fraction of sp³-hybridized carbons (Fsp3) is 0.769. The average Bonchev–Trinajstić information content (AvgIpc) is 2.50. The van der Waals surface area contributed by atoms with Crippen LogP contribution in [0.3, 0.4) is 0 Å². The molecule has 0 aromatic rings. The summed E-state index contributed by atoms with van der Waals surface area (Å²) in [6, 6.07) is -0.422. The molecule has 1 aliphatic carbocycles. The molecular weight excluding hydrogens is 234 g/mol. The van der Waals surface area contributed by atoms with Gasteiger partial charge in [0.25, 0.3) is 0 Å². The Morgan fingerprint density at radius 3 is 2.11 bits per heavy atom. The van der Waals surface area contributed by atoms with Gasteiger partial charge in [-0.3, -0.25) is 19.3 Å². The van der Waals surface area contributed by atoms with Crippen molar-refractivity contribution in [3.8, 4) is 0 Å². The van der Waals surface area contributed by atoms with Gasteiger partial charge in [-0.2, -0.15) is 0 Å². The molecule has 0 aromatic heterocycles. The standard InChI is InChI=1S/C13H19NO4/c15-11-7-3-4-8-12(16)14(11)10-6-2-1-5-9(10)13(17)18/h9-10H,1-8H2,(H,17,18). The van der Waals surface area contributed by atoms with E-state index < -0.39 is 17.9 Å². The van der Waals surface area contributed by atoms with Gasteiger partial charge in [-0.15, -0.1) is 0 Å². The zero-order valence-corrected chi connectivity index (χ0v) is 10.4. The van der Waals surface area contributed by atoms with Crippen molar-refractivity contribution in [1.82, 2.24) is 4.90 Å². The maximum Gasteiger partial charge on any atom is 0.308 e. The summed E-state index contributed by atoms with van der Waals surface area (Å²) in [6.07, 6.45) is 5.15. The van der Waals surface area contributed by atoms with Crippen molar-refractivity contribution >= 4 is 17.8 Å². The van der Waals surface area contributed by atoms with Crippen molar-refractivity contribution in [3.63, 3.8) is 0 Å². The minimum absolute atomic E-state index is 0.185. The highest BCUT2D eigenvalue weighted by Gasteiger charge is 2.40. The summed E-state index contributed by atoms with van der Waals surface area (Å²) in [6.45, 7) is 0. The number of rotatable bonds is 2. The van der Waals surface area contributed by atoms with Crippen LogP contribution in [-0.4, -0.2) is 33.8 Å². The van der Waals surface area contributed by atoms with Crippen molar-refractivity contribution in [2.75, 3.05) is 0 Å². The SMILES string of the molecule is O=C(O)C1CCCCC1N1C(=O)CCCCC1=O. The number of carbonyl (C=O) groups is 3. The summed E-state index contributed by atoms with van der Waals surface area (Å²) < 4.78 is 0. The lowest BCUT2D eigenvalue weighted by atomic mass is 9.83. The van der Waals surface area contributed by atoms with E-state index in [-0.39, 0.29) is 11.8 Å². The van der Waals surface area contributed by atoms with Gasteiger partial charge in [0.15, 0.2) is 0 Å². The molecule has 0 spiro atoms. The fourth-order valence-corrected chi connectivity index (χ4v) is 3.01. The van der Waals surface area contributed by atoms with Crippen molar-refractivity contribution in [2.24, 2.45) is 5.92 Å². The zero-order valence-electron chi connectivity index (χ0n) is 10.4. The number of amides is 2. The summed E-state index contributed by atoms with van der Waals surface area (Å²) in [4.78, 5) is 36.5. The van der Waals surface area contributed by atoms with E-state index >= 15 is 0 Å². The molecule has 2 atom stereocenters. The second kappa shape index (κ2) is 5.50. The van der Waals surface area contributed by atoms with E-state index in [4.69, 9.17) is 0 Å². The maximum absolute atomic E-state index is 12.0. The van der Waals surface area contributed by atoms with Crippen LogP contribution in [0.25, 0.3) is 0 Å². The Labute approximate surface area is 106 Å². The number of carbonyl (C=O) groups excluding carboxylic acids is 2. The summed E-state index contributed by atoms with van der Waals surface area (Å²) in [5.41, 5.74) is 0. The minimum atomic E-state index is -0.885. The van der Waals surface area contributed by atoms with Crippen molar-refractivity contribution in [1.29, 1.82) is 0 Å². The first-order valence-electron chi connectivity index (χ1n) is 6.69. The predicted octanol–water partition coefficient (Wildman–Crippen LogP) is 1.56. The molecule has 1 N–H and O–H groups in total. The third-order valence-corrected chi connectivity index (χ3v) is 3.95. The number of hydrogen-bond acceptors (Lipinski definition) is 3. The van der Waals surface area contributed by atoms with Crippen LogP contribution < -0.4 is 0 Å². The molecule has 0 aromatic carbocycles. The van der Waals surface area contributed by atoms with Crippen LogP contribution in [0.5, 0.6) is 0 Å². The average molecular weight is 253 g/mol.